The van der Waals surface area contributed by atoms with Gasteiger partial charge in [0.2, 0.25) is 5.91 Å². The second-order valence-electron chi connectivity index (χ2n) is 4.43. The van der Waals surface area contributed by atoms with Crippen LogP contribution in [0, 0.1) is 0 Å². The van der Waals surface area contributed by atoms with Crippen molar-refractivity contribution in [3.8, 4) is 5.75 Å². The fourth-order valence-corrected chi connectivity index (χ4v) is 1.83. The van der Waals surface area contributed by atoms with Crippen LogP contribution in [0.5, 0.6) is 5.75 Å². The molecule has 0 fully saturated rings. The van der Waals surface area contributed by atoms with Crippen molar-refractivity contribution < 1.29 is 9.53 Å². The Morgan fingerprint density at radius 3 is 2.65 bits per heavy atom. The maximum atomic E-state index is 11.7. The van der Waals surface area contributed by atoms with Crippen LogP contribution >= 0.6 is 0 Å². The summed E-state index contributed by atoms with van der Waals surface area (Å²) >= 11 is 0. The number of anilines is 1. The largest absolute Gasteiger partial charge is 0.492 e. The fourth-order valence-electron chi connectivity index (χ4n) is 1.83. The molecule has 0 aliphatic rings. The van der Waals surface area contributed by atoms with Crippen molar-refractivity contribution in [2.24, 2.45) is 0 Å². The number of benzene rings is 2. The first-order valence-corrected chi connectivity index (χ1v) is 6.53. The molecule has 2 aromatic carbocycles. The van der Waals surface area contributed by atoms with Crippen molar-refractivity contribution >= 4 is 11.6 Å². The van der Waals surface area contributed by atoms with E-state index in [9.17, 15) is 4.79 Å². The third kappa shape index (κ3) is 4.65. The van der Waals surface area contributed by atoms with E-state index < -0.39 is 0 Å². The summed E-state index contributed by atoms with van der Waals surface area (Å²) < 4.78 is 5.49. The molecule has 0 aliphatic carbocycles. The van der Waals surface area contributed by atoms with E-state index in [0.29, 0.717) is 25.3 Å². The summed E-state index contributed by atoms with van der Waals surface area (Å²) in [6, 6.07) is 16.9. The Balaban J connectivity index is 1.68. The van der Waals surface area contributed by atoms with Gasteiger partial charge in [-0.25, -0.2) is 0 Å². The molecular formula is C16H18N2O2. The van der Waals surface area contributed by atoms with Crippen LogP contribution in [0.2, 0.25) is 0 Å². The summed E-state index contributed by atoms with van der Waals surface area (Å²) in [5.41, 5.74) is 7.25. The molecule has 0 bridgehead atoms. The van der Waals surface area contributed by atoms with Gasteiger partial charge in [0.25, 0.3) is 0 Å². The standard InChI is InChI=1S/C16H18N2O2/c17-14-6-4-5-13(11-14)12-16(19)18-9-10-20-15-7-2-1-3-8-15/h1-8,11H,9-10,12,17H2,(H,18,19). The van der Waals surface area contributed by atoms with Gasteiger partial charge < -0.3 is 15.8 Å². The Kier molecular flexibility index (Phi) is 5.00. The number of para-hydroxylation sites is 1. The fraction of sp³-hybridized carbons (Fsp3) is 0.188. The van der Waals surface area contributed by atoms with Crippen molar-refractivity contribution in [1.82, 2.24) is 5.32 Å². The number of nitrogen functional groups attached to an aromatic ring is 1. The van der Waals surface area contributed by atoms with Crippen molar-refractivity contribution in [1.29, 1.82) is 0 Å². The SMILES string of the molecule is Nc1cccc(CC(=O)NCCOc2ccccc2)c1. The summed E-state index contributed by atoms with van der Waals surface area (Å²) in [6.07, 6.45) is 0.330. The summed E-state index contributed by atoms with van der Waals surface area (Å²) in [5, 5.41) is 2.82. The van der Waals surface area contributed by atoms with Crippen LogP contribution in [0.1, 0.15) is 5.56 Å². The van der Waals surface area contributed by atoms with Crippen LogP contribution in [0.3, 0.4) is 0 Å². The zero-order valence-electron chi connectivity index (χ0n) is 11.2. The number of ether oxygens (including phenoxy) is 1. The van der Waals surface area contributed by atoms with E-state index in [-0.39, 0.29) is 5.91 Å². The Bertz CT molecular complexity index is 555. The quantitative estimate of drug-likeness (QED) is 0.623. The number of amides is 1. The van der Waals surface area contributed by atoms with Gasteiger partial charge in [-0.15, -0.1) is 0 Å². The van der Waals surface area contributed by atoms with Gasteiger partial charge >= 0.3 is 0 Å². The van der Waals surface area contributed by atoms with Gasteiger partial charge in [0.1, 0.15) is 12.4 Å². The molecular weight excluding hydrogens is 252 g/mol. The van der Waals surface area contributed by atoms with Crippen LogP contribution in [0.4, 0.5) is 5.69 Å². The smallest absolute Gasteiger partial charge is 0.224 e. The molecule has 0 aromatic heterocycles. The van der Waals surface area contributed by atoms with Crippen molar-refractivity contribution in [2.75, 3.05) is 18.9 Å². The number of hydrogen-bond donors (Lipinski definition) is 2. The molecule has 2 aromatic rings. The van der Waals surface area contributed by atoms with Crippen LogP contribution < -0.4 is 15.8 Å². The Hall–Kier alpha value is -2.49. The second-order valence-corrected chi connectivity index (χ2v) is 4.43. The number of nitrogens with one attached hydrogen (secondary N) is 1. The predicted octanol–water partition coefficient (Wildman–Crippen LogP) is 2.01. The Morgan fingerprint density at radius 1 is 1.10 bits per heavy atom. The van der Waals surface area contributed by atoms with Crippen LogP contribution in [0.15, 0.2) is 54.6 Å². The van der Waals surface area contributed by atoms with Crippen molar-refractivity contribution in [3.63, 3.8) is 0 Å². The minimum absolute atomic E-state index is 0.0349. The number of carbonyl (C=O) groups is 1. The summed E-state index contributed by atoms with van der Waals surface area (Å²) in [6.45, 7) is 0.933. The maximum Gasteiger partial charge on any atom is 0.224 e. The first kappa shape index (κ1) is 13.9. The first-order chi connectivity index (χ1) is 9.74. The van der Waals surface area contributed by atoms with Crippen LogP contribution in [-0.2, 0) is 11.2 Å². The average molecular weight is 270 g/mol. The van der Waals surface area contributed by atoms with Gasteiger partial charge in [0.05, 0.1) is 13.0 Å². The minimum Gasteiger partial charge on any atom is -0.492 e. The first-order valence-electron chi connectivity index (χ1n) is 6.53. The third-order valence-corrected chi connectivity index (χ3v) is 2.75. The Morgan fingerprint density at radius 2 is 1.90 bits per heavy atom. The van der Waals surface area contributed by atoms with Gasteiger partial charge in [-0.1, -0.05) is 30.3 Å². The van der Waals surface area contributed by atoms with Crippen molar-refractivity contribution in [3.05, 3.63) is 60.2 Å². The maximum absolute atomic E-state index is 11.7. The summed E-state index contributed by atoms with van der Waals surface area (Å²) in [7, 11) is 0. The van der Waals surface area contributed by atoms with Gasteiger partial charge in [0, 0.05) is 5.69 Å². The van der Waals surface area contributed by atoms with E-state index in [4.69, 9.17) is 10.5 Å². The predicted molar refractivity (Wildman–Crippen MR) is 79.5 cm³/mol. The van der Waals surface area contributed by atoms with E-state index >= 15 is 0 Å². The van der Waals surface area contributed by atoms with Crippen molar-refractivity contribution in [2.45, 2.75) is 6.42 Å². The molecule has 0 aliphatic heterocycles. The molecule has 0 unspecified atom stereocenters. The molecule has 0 spiro atoms. The topological polar surface area (TPSA) is 64.4 Å². The van der Waals surface area contributed by atoms with E-state index in [1.54, 1.807) is 12.1 Å². The van der Waals surface area contributed by atoms with Gasteiger partial charge in [-0.3, -0.25) is 4.79 Å². The molecule has 20 heavy (non-hydrogen) atoms. The minimum atomic E-state index is -0.0349. The van der Waals surface area contributed by atoms with Gasteiger partial charge in [0.15, 0.2) is 0 Å². The highest BCUT2D eigenvalue weighted by Crippen LogP contribution is 2.08. The summed E-state index contributed by atoms with van der Waals surface area (Å²) in [5.74, 6) is 0.768. The van der Waals surface area contributed by atoms with Gasteiger partial charge in [-0.05, 0) is 29.8 Å². The molecule has 104 valence electrons. The molecule has 2 rings (SSSR count). The second kappa shape index (κ2) is 7.19. The van der Waals surface area contributed by atoms with Gasteiger partial charge in [-0.2, -0.15) is 0 Å². The summed E-state index contributed by atoms with van der Waals surface area (Å²) in [4.78, 5) is 11.7. The zero-order chi connectivity index (χ0) is 14.2. The highest BCUT2D eigenvalue weighted by molar-refractivity contribution is 5.78. The zero-order valence-corrected chi connectivity index (χ0v) is 11.2. The highest BCUT2D eigenvalue weighted by atomic mass is 16.5. The van der Waals surface area contributed by atoms with Crippen LogP contribution in [-0.4, -0.2) is 19.1 Å². The molecule has 4 heteroatoms. The monoisotopic (exact) mass is 270 g/mol. The third-order valence-electron chi connectivity index (χ3n) is 2.75. The van der Waals surface area contributed by atoms with E-state index in [0.717, 1.165) is 11.3 Å². The van der Waals surface area contributed by atoms with Crippen LogP contribution in [0.25, 0.3) is 0 Å². The van der Waals surface area contributed by atoms with E-state index in [1.807, 2.05) is 42.5 Å². The lowest BCUT2D eigenvalue weighted by molar-refractivity contribution is -0.120. The number of hydrogen-bond acceptors (Lipinski definition) is 3. The van der Waals surface area contributed by atoms with E-state index in [2.05, 4.69) is 5.32 Å². The molecule has 0 saturated carbocycles. The highest BCUT2D eigenvalue weighted by Gasteiger charge is 2.03. The molecule has 3 N–H and O–H groups in total. The number of rotatable bonds is 6. The Labute approximate surface area is 118 Å². The normalized spacial score (nSPS) is 10.0. The van der Waals surface area contributed by atoms with E-state index in [1.165, 1.54) is 0 Å². The molecule has 0 radical (unpaired) electrons. The number of nitrogens with two attached hydrogens (primary N) is 1. The average Bonchev–Trinajstić information content (AvgIpc) is 2.45. The molecule has 0 saturated heterocycles. The number of carbonyl (C=O) groups excluding carboxylic acids is 1. The molecule has 0 heterocycles. The molecule has 0 atom stereocenters. The molecule has 4 nitrogen and oxygen atoms in total. The lowest BCUT2D eigenvalue weighted by Gasteiger charge is -2.08. The lowest BCUT2D eigenvalue weighted by atomic mass is 10.1. The molecule has 1 amide bonds. The lowest BCUT2D eigenvalue weighted by Crippen LogP contribution is -2.29.